The molecule has 0 spiro atoms. The lowest BCUT2D eigenvalue weighted by Gasteiger charge is -2.08. The van der Waals surface area contributed by atoms with Gasteiger partial charge in [0.05, 0.1) is 18.1 Å². The first kappa shape index (κ1) is 17.1. The lowest BCUT2D eigenvalue weighted by atomic mass is 10.2. The molecule has 134 valence electrons. The van der Waals surface area contributed by atoms with E-state index in [-0.39, 0.29) is 5.91 Å². The van der Waals surface area contributed by atoms with Crippen molar-refractivity contribution in [2.45, 2.75) is 0 Å². The number of carbonyl (C=O) groups is 1. The minimum atomic E-state index is -0.194. The fraction of sp³-hybridized carbons (Fsp3) is 0.0476. The molecule has 1 amide bonds. The van der Waals surface area contributed by atoms with Crippen molar-refractivity contribution in [3.8, 4) is 11.4 Å². The summed E-state index contributed by atoms with van der Waals surface area (Å²) in [5.41, 5.74) is 3.95. The maximum absolute atomic E-state index is 12.4. The lowest BCUT2D eigenvalue weighted by molar-refractivity contribution is 0.102. The lowest BCUT2D eigenvalue weighted by Crippen LogP contribution is -2.11. The minimum absolute atomic E-state index is 0.194. The Kier molecular flexibility index (Phi) is 4.52. The number of ether oxygens (including phenoxy) is 1. The Morgan fingerprint density at radius 1 is 1.04 bits per heavy atom. The van der Waals surface area contributed by atoms with E-state index in [1.54, 1.807) is 37.7 Å². The van der Waals surface area contributed by atoms with Gasteiger partial charge in [0.2, 0.25) is 0 Å². The van der Waals surface area contributed by atoms with Crippen LogP contribution in [0, 0.1) is 0 Å². The Morgan fingerprint density at radius 2 is 1.78 bits per heavy atom. The predicted octanol–water partition coefficient (Wildman–Crippen LogP) is 4.94. The summed E-state index contributed by atoms with van der Waals surface area (Å²) in [6, 6.07) is 20.1. The molecule has 3 aromatic carbocycles. The van der Waals surface area contributed by atoms with Gasteiger partial charge in [-0.05, 0) is 66.7 Å². The molecule has 6 heteroatoms. The Morgan fingerprint density at radius 3 is 2.48 bits per heavy atom. The van der Waals surface area contributed by atoms with Gasteiger partial charge in [0.1, 0.15) is 12.1 Å². The van der Waals surface area contributed by atoms with Gasteiger partial charge in [-0.25, -0.2) is 4.98 Å². The monoisotopic (exact) mass is 377 g/mol. The number of carbonyl (C=O) groups excluding carboxylic acids is 1. The predicted molar refractivity (Wildman–Crippen MR) is 107 cm³/mol. The summed E-state index contributed by atoms with van der Waals surface area (Å²) in [5, 5.41) is 3.48. The molecule has 0 saturated carbocycles. The van der Waals surface area contributed by atoms with Crippen LogP contribution in [0.2, 0.25) is 5.02 Å². The largest absolute Gasteiger partial charge is 0.497 e. The second kappa shape index (κ2) is 7.13. The van der Waals surface area contributed by atoms with E-state index < -0.39 is 0 Å². The van der Waals surface area contributed by atoms with Crippen LogP contribution in [-0.4, -0.2) is 22.6 Å². The SMILES string of the molecule is COc1ccc(-n2cnc3cc(NC(=O)c4ccc(Cl)cc4)ccc32)cc1. The molecule has 0 atom stereocenters. The van der Waals surface area contributed by atoms with Crippen LogP contribution in [0.1, 0.15) is 10.4 Å². The average Bonchev–Trinajstić information content (AvgIpc) is 3.11. The molecule has 0 unspecified atom stereocenters. The number of methoxy groups -OCH3 is 1. The topological polar surface area (TPSA) is 56.1 Å². The summed E-state index contributed by atoms with van der Waals surface area (Å²) >= 11 is 5.86. The number of rotatable bonds is 4. The Hall–Kier alpha value is -3.31. The van der Waals surface area contributed by atoms with E-state index in [1.807, 2.05) is 47.0 Å². The Bertz CT molecular complexity index is 1100. The van der Waals surface area contributed by atoms with Gasteiger partial charge in [-0.2, -0.15) is 0 Å². The van der Waals surface area contributed by atoms with Gasteiger partial charge in [0, 0.05) is 22.0 Å². The molecule has 4 aromatic rings. The van der Waals surface area contributed by atoms with E-state index >= 15 is 0 Å². The highest BCUT2D eigenvalue weighted by atomic mass is 35.5. The zero-order valence-corrected chi connectivity index (χ0v) is 15.3. The van der Waals surface area contributed by atoms with E-state index in [1.165, 1.54) is 0 Å². The number of halogens is 1. The summed E-state index contributed by atoms with van der Waals surface area (Å²) in [4.78, 5) is 16.8. The van der Waals surface area contributed by atoms with E-state index in [2.05, 4.69) is 10.3 Å². The Labute approximate surface area is 161 Å². The van der Waals surface area contributed by atoms with Gasteiger partial charge < -0.3 is 10.1 Å². The number of fused-ring (bicyclic) bond motifs is 1. The summed E-state index contributed by atoms with van der Waals surface area (Å²) in [6.07, 6.45) is 1.76. The van der Waals surface area contributed by atoms with E-state index in [0.717, 1.165) is 22.5 Å². The van der Waals surface area contributed by atoms with Crippen molar-refractivity contribution in [2.75, 3.05) is 12.4 Å². The first-order chi connectivity index (χ1) is 13.1. The van der Waals surface area contributed by atoms with Gasteiger partial charge in [0.25, 0.3) is 5.91 Å². The van der Waals surface area contributed by atoms with Crippen molar-refractivity contribution < 1.29 is 9.53 Å². The highest BCUT2D eigenvalue weighted by Gasteiger charge is 2.09. The quantitative estimate of drug-likeness (QED) is 0.548. The third-order valence-corrected chi connectivity index (χ3v) is 4.51. The smallest absolute Gasteiger partial charge is 0.255 e. The van der Waals surface area contributed by atoms with Crippen LogP contribution in [-0.2, 0) is 0 Å². The molecular formula is C21H16ClN3O2. The fourth-order valence-corrected chi connectivity index (χ4v) is 2.97. The molecule has 0 fully saturated rings. The van der Waals surface area contributed by atoms with Gasteiger partial charge in [0.15, 0.2) is 0 Å². The maximum atomic E-state index is 12.4. The number of nitrogens with one attached hydrogen (secondary N) is 1. The molecule has 0 saturated heterocycles. The van der Waals surface area contributed by atoms with Crippen molar-refractivity contribution in [1.82, 2.24) is 9.55 Å². The Balaban J connectivity index is 1.59. The first-order valence-electron chi connectivity index (χ1n) is 8.32. The van der Waals surface area contributed by atoms with Crippen molar-refractivity contribution in [2.24, 2.45) is 0 Å². The molecular weight excluding hydrogens is 362 g/mol. The highest BCUT2D eigenvalue weighted by Crippen LogP contribution is 2.23. The number of nitrogens with zero attached hydrogens (tertiary/aromatic N) is 2. The van der Waals surface area contributed by atoms with Crippen LogP contribution < -0.4 is 10.1 Å². The van der Waals surface area contributed by atoms with Gasteiger partial charge in [-0.15, -0.1) is 0 Å². The number of aromatic nitrogens is 2. The second-order valence-corrected chi connectivity index (χ2v) is 6.41. The molecule has 1 aromatic heterocycles. The van der Waals surface area contributed by atoms with E-state index in [9.17, 15) is 4.79 Å². The van der Waals surface area contributed by atoms with Crippen molar-refractivity contribution in [3.63, 3.8) is 0 Å². The van der Waals surface area contributed by atoms with E-state index in [0.29, 0.717) is 16.3 Å². The highest BCUT2D eigenvalue weighted by molar-refractivity contribution is 6.30. The van der Waals surface area contributed by atoms with Crippen molar-refractivity contribution >= 4 is 34.2 Å². The fourth-order valence-electron chi connectivity index (χ4n) is 2.84. The van der Waals surface area contributed by atoms with Crippen LogP contribution >= 0.6 is 11.6 Å². The molecule has 1 N–H and O–H groups in total. The third kappa shape index (κ3) is 3.50. The number of anilines is 1. The van der Waals surface area contributed by atoms with Crippen LogP contribution in [0.15, 0.2) is 73.1 Å². The van der Waals surface area contributed by atoms with Crippen molar-refractivity contribution in [3.05, 3.63) is 83.6 Å². The molecule has 0 aliphatic rings. The molecule has 0 aliphatic heterocycles. The minimum Gasteiger partial charge on any atom is -0.497 e. The summed E-state index contributed by atoms with van der Waals surface area (Å²) in [6.45, 7) is 0. The molecule has 27 heavy (non-hydrogen) atoms. The number of benzene rings is 3. The van der Waals surface area contributed by atoms with Crippen molar-refractivity contribution in [1.29, 1.82) is 0 Å². The molecule has 0 radical (unpaired) electrons. The molecule has 0 aliphatic carbocycles. The first-order valence-corrected chi connectivity index (χ1v) is 8.70. The summed E-state index contributed by atoms with van der Waals surface area (Å²) < 4.78 is 7.18. The zero-order chi connectivity index (χ0) is 18.8. The van der Waals surface area contributed by atoms with Crippen LogP contribution in [0.25, 0.3) is 16.7 Å². The third-order valence-electron chi connectivity index (χ3n) is 4.26. The number of imidazole rings is 1. The van der Waals surface area contributed by atoms with E-state index in [4.69, 9.17) is 16.3 Å². The van der Waals surface area contributed by atoms with Crippen LogP contribution in [0.3, 0.4) is 0 Å². The standard InChI is InChI=1S/C21H16ClN3O2/c1-27-18-9-7-17(8-10-18)25-13-23-19-12-16(6-11-20(19)25)24-21(26)14-2-4-15(22)5-3-14/h2-13H,1H3,(H,24,26). The average molecular weight is 378 g/mol. The summed E-state index contributed by atoms with van der Waals surface area (Å²) in [7, 11) is 1.64. The molecule has 1 heterocycles. The second-order valence-electron chi connectivity index (χ2n) is 5.98. The number of hydrogen-bond donors (Lipinski definition) is 1. The molecule has 5 nitrogen and oxygen atoms in total. The number of hydrogen-bond acceptors (Lipinski definition) is 3. The molecule has 0 bridgehead atoms. The maximum Gasteiger partial charge on any atom is 0.255 e. The van der Waals surface area contributed by atoms with Crippen LogP contribution in [0.4, 0.5) is 5.69 Å². The summed E-state index contributed by atoms with van der Waals surface area (Å²) in [5.74, 6) is 0.607. The number of amides is 1. The van der Waals surface area contributed by atoms with Crippen LogP contribution in [0.5, 0.6) is 5.75 Å². The molecule has 4 rings (SSSR count). The van der Waals surface area contributed by atoms with Gasteiger partial charge >= 0.3 is 0 Å². The van der Waals surface area contributed by atoms with Gasteiger partial charge in [-0.1, -0.05) is 11.6 Å². The van der Waals surface area contributed by atoms with Gasteiger partial charge in [-0.3, -0.25) is 9.36 Å². The zero-order valence-electron chi connectivity index (χ0n) is 14.5. The normalized spacial score (nSPS) is 10.7.